The standard InChI is InChI=1S/C20H25NO3/c1-2-22-20-8-4-3-7-19(20)21-14-16-9-11-17(12-10-16)24-15-18-6-5-13-23-18/h3-4,7-12,18,21H,2,5-6,13-15H2,1H3. The predicted molar refractivity (Wildman–Crippen MR) is 95.8 cm³/mol. The lowest BCUT2D eigenvalue weighted by molar-refractivity contribution is 0.0679. The maximum Gasteiger partial charge on any atom is 0.142 e. The average Bonchev–Trinajstić information content (AvgIpc) is 3.14. The Labute approximate surface area is 143 Å². The van der Waals surface area contributed by atoms with Crippen molar-refractivity contribution in [3.63, 3.8) is 0 Å². The van der Waals surface area contributed by atoms with E-state index in [9.17, 15) is 0 Å². The Morgan fingerprint density at radius 3 is 2.67 bits per heavy atom. The van der Waals surface area contributed by atoms with Gasteiger partial charge in [-0.25, -0.2) is 0 Å². The van der Waals surface area contributed by atoms with Crippen LogP contribution in [-0.4, -0.2) is 25.9 Å². The molecule has 2 aromatic carbocycles. The molecule has 4 heteroatoms. The van der Waals surface area contributed by atoms with E-state index >= 15 is 0 Å². The van der Waals surface area contributed by atoms with Crippen LogP contribution < -0.4 is 14.8 Å². The van der Waals surface area contributed by atoms with Crippen molar-refractivity contribution >= 4 is 5.69 Å². The highest BCUT2D eigenvalue weighted by atomic mass is 16.5. The van der Waals surface area contributed by atoms with Crippen LogP contribution in [0.1, 0.15) is 25.3 Å². The Morgan fingerprint density at radius 1 is 1.08 bits per heavy atom. The van der Waals surface area contributed by atoms with E-state index in [4.69, 9.17) is 14.2 Å². The molecule has 1 fully saturated rings. The zero-order valence-corrected chi connectivity index (χ0v) is 14.2. The van der Waals surface area contributed by atoms with E-state index in [1.165, 1.54) is 5.56 Å². The number of rotatable bonds is 8. The summed E-state index contributed by atoms with van der Waals surface area (Å²) in [6.45, 7) is 4.90. The van der Waals surface area contributed by atoms with Crippen LogP contribution in [0.3, 0.4) is 0 Å². The Bertz CT molecular complexity index is 621. The highest BCUT2D eigenvalue weighted by Crippen LogP contribution is 2.24. The molecule has 0 bridgehead atoms. The molecule has 4 nitrogen and oxygen atoms in total. The lowest BCUT2D eigenvalue weighted by Crippen LogP contribution is -2.16. The molecule has 2 aromatic rings. The molecule has 1 N–H and O–H groups in total. The van der Waals surface area contributed by atoms with Gasteiger partial charge in [0.15, 0.2) is 0 Å². The number of benzene rings is 2. The molecule has 3 rings (SSSR count). The van der Waals surface area contributed by atoms with Crippen LogP contribution in [0.5, 0.6) is 11.5 Å². The van der Waals surface area contributed by atoms with E-state index in [0.717, 1.165) is 43.2 Å². The van der Waals surface area contributed by atoms with E-state index in [1.807, 2.05) is 43.3 Å². The largest absolute Gasteiger partial charge is 0.492 e. The number of hydrogen-bond donors (Lipinski definition) is 1. The van der Waals surface area contributed by atoms with Gasteiger partial charge in [-0.05, 0) is 49.6 Å². The first-order valence-corrected chi connectivity index (χ1v) is 8.64. The van der Waals surface area contributed by atoms with E-state index in [1.54, 1.807) is 0 Å². The predicted octanol–water partition coefficient (Wildman–Crippen LogP) is 4.26. The fourth-order valence-corrected chi connectivity index (χ4v) is 2.76. The van der Waals surface area contributed by atoms with Crippen LogP contribution >= 0.6 is 0 Å². The van der Waals surface area contributed by atoms with Gasteiger partial charge in [0.2, 0.25) is 0 Å². The summed E-state index contributed by atoms with van der Waals surface area (Å²) >= 11 is 0. The first kappa shape index (κ1) is 16.7. The molecule has 1 unspecified atom stereocenters. The second-order valence-corrected chi connectivity index (χ2v) is 5.87. The number of anilines is 1. The molecule has 1 heterocycles. The maximum absolute atomic E-state index is 5.79. The fourth-order valence-electron chi connectivity index (χ4n) is 2.76. The van der Waals surface area contributed by atoms with E-state index in [0.29, 0.717) is 13.2 Å². The molecular formula is C20H25NO3. The van der Waals surface area contributed by atoms with Crippen LogP contribution in [0.2, 0.25) is 0 Å². The van der Waals surface area contributed by atoms with Gasteiger partial charge >= 0.3 is 0 Å². The topological polar surface area (TPSA) is 39.7 Å². The van der Waals surface area contributed by atoms with Crippen LogP contribution in [0.25, 0.3) is 0 Å². The Kier molecular flexibility index (Phi) is 5.96. The second-order valence-electron chi connectivity index (χ2n) is 5.87. The summed E-state index contributed by atoms with van der Waals surface area (Å²) in [6.07, 6.45) is 2.49. The van der Waals surface area contributed by atoms with Gasteiger partial charge in [0, 0.05) is 13.2 Å². The minimum absolute atomic E-state index is 0.251. The van der Waals surface area contributed by atoms with Gasteiger partial charge in [0.05, 0.1) is 18.4 Å². The van der Waals surface area contributed by atoms with E-state index < -0.39 is 0 Å². The third-order valence-electron chi connectivity index (χ3n) is 4.05. The van der Waals surface area contributed by atoms with Gasteiger partial charge in [-0.1, -0.05) is 24.3 Å². The van der Waals surface area contributed by atoms with Gasteiger partial charge < -0.3 is 19.5 Å². The lowest BCUT2D eigenvalue weighted by atomic mass is 10.2. The van der Waals surface area contributed by atoms with Crippen LogP contribution in [0, 0.1) is 0 Å². The molecule has 0 aromatic heterocycles. The van der Waals surface area contributed by atoms with Crippen molar-refractivity contribution in [3.05, 3.63) is 54.1 Å². The summed E-state index contributed by atoms with van der Waals surface area (Å²) < 4.78 is 17.0. The van der Waals surface area contributed by atoms with Crippen LogP contribution in [-0.2, 0) is 11.3 Å². The second kappa shape index (κ2) is 8.60. The molecule has 1 atom stereocenters. The molecule has 24 heavy (non-hydrogen) atoms. The van der Waals surface area contributed by atoms with E-state index in [2.05, 4.69) is 17.4 Å². The van der Waals surface area contributed by atoms with Crippen LogP contribution in [0.4, 0.5) is 5.69 Å². The van der Waals surface area contributed by atoms with Crippen molar-refractivity contribution < 1.29 is 14.2 Å². The van der Waals surface area contributed by atoms with Crippen molar-refractivity contribution in [1.82, 2.24) is 0 Å². The Balaban J connectivity index is 1.50. The minimum Gasteiger partial charge on any atom is -0.492 e. The maximum atomic E-state index is 5.79. The molecule has 1 saturated heterocycles. The minimum atomic E-state index is 0.251. The highest BCUT2D eigenvalue weighted by molar-refractivity contribution is 5.56. The van der Waals surface area contributed by atoms with Crippen molar-refractivity contribution in [2.24, 2.45) is 0 Å². The number of ether oxygens (including phenoxy) is 3. The van der Waals surface area contributed by atoms with Gasteiger partial charge in [-0.2, -0.15) is 0 Å². The fraction of sp³-hybridized carbons (Fsp3) is 0.400. The molecule has 0 saturated carbocycles. The van der Waals surface area contributed by atoms with Crippen molar-refractivity contribution in [2.45, 2.75) is 32.4 Å². The smallest absolute Gasteiger partial charge is 0.142 e. The zero-order chi connectivity index (χ0) is 16.6. The molecule has 0 aliphatic carbocycles. The molecule has 0 radical (unpaired) electrons. The quantitative estimate of drug-likeness (QED) is 0.786. The summed E-state index contributed by atoms with van der Waals surface area (Å²) in [5, 5.41) is 3.42. The van der Waals surface area contributed by atoms with Crippen molar-refractivity contribution in [3.8, 4) is 11.5 Å². The van der Waals surface area contributed by atoms with Gasteiger partial charge in [0.1, 0.15) is 18.1 Å². The Hall–Kier alpha value is -2.20. The monoisotopic (exact) mass is 327 g/mol. The lowest BCUT2D eigenvalue weighted by Gasteiger charge is -2.13. The third-order valence-corrected chi connectivity index (χ3v) is 4.05. The Morgan fingerprint density at radius 2 is 1.92 bits per heavy atom. The summed E-state index contributed by atoms with van der Waals surface area (Å²) in [5.74, 6) is 1.78. The van der Waals surface area contributed by atoms with Gasteiger partial charge in [-0.15, -0.1) is 0 Å². The number of hydrogen-bond acceptors (Lipinski definition) is 4. The molecule has 128 valence electrons. The number of para-hydroxylation sites is 2. The van der Waals surface area contributed by atoms with E-state index in [-0.39, 0.29) is 6.10 Å². The summed E-state index contributed by atoms with van der Waals surface area (Å²) in [5.41, 5.74) is 2.21. The highest BCUT2D eigenvalue weighted by Gasteiger charge is 2.15. The zero-order valence-electron chi connectivity index (χ0n) is 14.2. The summed E-state index contributed by atoms with van der Waals surface area (Å²) in [4.78, 5) is 0. The van der Waals surface area contributed by atoms with Gasteiger partial charge in [0.25, 0.3) is 0 Å². The SMILES string of the molecule is CCOc1ccccc1NCc1ccc(OCC2CCCO2)cc1. The summed E-state index contributed by atoms with van der Waals surface area (Å²) in [6, 6.07) is 16.2. The third kappa shape index (κ3) is 4.65. The molecule has 1 aliphatic heterocycles. The summed E-state index contributed by atoms with van der Waals surface area (Å²) in [7, 11) is 0. The first-order chi connectivity index (χ1) is 11.8. The molecular weight excluding hydrogens is 302 g/mol. The normalized spacial score (nSPS) is 16.8. The van der Waals surface area contributed by atoms with Crippen LogP contribution in [0.15, 0.2) is 48.5 Å². The first-order valence-electron chi connectivity index (χ1n) is 8.64. The average molecular weight is 327 g/mol. The van der Waals surface area contributed by atoms with Crippen molar-refractivity contribution in [2.75, 3.05) is 25.1 Å². The molecule has 1 aliphatic rings. The van der Waals surface area contributed by atoms with Gasteiger partial charge in [-0.3, -0.25) is 0 Å². The molecule has 0 spiro atoms. The van der Waals surface area contributed by atoms with Crippen molar-refractivity contribution in [1.29, 1.82) is 0 Å². The number of nitrogens with one attached hydrogen (secondary N) is 1. The molecule has 0 amide bonds.